The van der Waals surface area contributed by atoms with Gasteiger partial charge in [-0.1, -0.05) is 19.3 Å². The van der Waals surface area contributed by atoms with Crippen LogP contribution in [0.1, 0.15) is 62.7 Å². The van der Waals surface area contributed by atoms with Gasteiger partial charge in [0.05, 0.1) is 5.38 Å². The van der Waals surface area contributed by atoms with Crippen molar-refractivity contribution in [1.29, 1.82) is 0 Å². The van der Waals surface area contributed by atoms with Gasteiger partial charge in [-0.3, -0.25) is 0 Å². The molecule has 1 fully saturated rings. The summed E-state index contributed by atoms with van der Waals surface area (Å²) < 4.78 is 2.33. The fraction of sp³-hybridized carbons (Fsp3) is 0.625. The molecule has 4 heteroatoms. The lowest BCUT2D eigenvalue weighted by atomic mass is 9.83. The van der Waals surface area contributed by atoms with Crippen molar-refractivity contribution < 1.29 is 0 Å². The van der Waals surface area contributed by atoms with Gasteiger partial charge >= 0.3 is 0 Å². The van der Waals surface area contributed by atoms with Crippen LogP contribution in [0.25, 0.3) is 11.2 Å². The Balaban J connectivity index is 2.26. The monoisotopic (exact) mass is 291 g/mol. The molecular weight excluding hydrogens is 270 g/mol. The predicted octanol–water partition coefficient (Wildman–Crippen LogP) is 4.72. The number of hydrogen-bond acceptors (Lipinski definition) is 2. The zero-order valence-corrected chi connectivity index (χ0v) is 13.2. The Labute approximate surface area is 125 Å². The first kappa shape index (κ1) is 13.9. The summed E-state index contributed by atoms with van der Waals surface area (Å²) in [6, 6.07) is 2.02. The van der Waals surface area contributed by atoms with Crippen molar-refractivity contribution >= 4 is 22.8 Å². The van der Waals surface area contributed by atoms with Gasteiger partial charge in [0.1, 0.15) is 11.3 Å². The number of aryl methyl sites for hydroxylation is 1. The van der Waals surface area contributed by atoms with Crippen molar-refractivity contribution in [1.82, 2.24) is 14.5 Å². The third kappa shape index (κ3) is 2.12. The van der Waals surface area contributed by atoms with Gasteiger partial charge in [-0.05, 0) is 45.2 Å². The minimum Gasteiger partial charge on any atom is -0.306 e. The summed E-state index contributed by atoms with van der Waals surface area (Å²) in [5.74, 6) is 0.966. The molecule has 0 bridgehead atoms. The smallest absolute Gasteiger partial charge is 0.160 e. The molecule has 1 aliphatic carbocycles. The van der Waals surface area contributed by atoms with Gasteiger partial charge < -0.3 is 4.57 Å². The zero-order chi connectivity index (χ0) is 14.3. The van der Waals surface area contributed by atoms with Crippen LogP contribution in [-0.2, 0) is 5.54 Å². The Bertz CT molecular complexity index is 624. The summed E-state index contributed by atoms with van der Waals surface area (Å²) in [6.07, 6.45) is 8.14. The van der Waals surface area contributed by atoms with Gasteiger partial charge in [0.15, 0.2) is 5.65 Å². The summed E-state index contributed by atoms with van der Waals surface area (Å²) in [5.41, 5.74) is 3.28. The zero-order valence-electron chi connectivity index (χ0n) is 12.5. The lowest BCUT2D eigenvalue weighted by Gasteiger charge is -2.36. The van der Waals surface area contributed by atoms with Crippen LogP contribution < -0.4 is 0 Å². The molecule has 1 unspecified atom stereocenters. The Morgan fingerprint density at radius 1 is 1.30 bits per heavy atom. The van der Waals surface area contributed by atoms with E-state index in [4.69, 9.17) is 16.6 Å². The number of aromatic nitrogens is 3. The SMILES string of the molecule is Cc1ccnc2c1nc(C(C)Cl)n2C1(C)CCCCC1. The molecule has 0 amide bonds. The summed E-state index contributed by atoms with van der Waals surface area (Å²) in [7, 11) is 0. The molecule has 1 aliphatic rings. The highest BCUT2D eigenvalue weighted by Crippen LogP contribution is 2.39. The molecule has 3 nitrogen and oxygen atoms in total. The number of rotatable bonds is 2. The molecule has 20 heavy (non-hydrogen) atoms. The van der Waals surface area contributed by atoms with E-state index >= 15 is 0 Å². The summed E-state index contributed by atoms with van der Waals surface area (Å²) in [5, 5.41) is -0.0950. The Kier molecular flexibility index (Phi) is 3.49. The topological polar surface area (TPSA) is 30.7 Å². The van der Waals surface area contributed by atoms with Crippen molar-refractivity contribution in [3.05, 3.63) is 23.7 Å². The predicted molar refractivity (Wildman–Crippen MR) is 83.3 cm³/mol. The highest BCUT2D eigenvalue weighted by molar-refractivity contribution is 6.20. The molecular formula is C16H22ClN3. The Morgan fingerprint density at radius 2 is 2.00 bits per heavy atom. The molecule has 1 atom stereocenters. The van der Waals surface area contributed by atoms with Gasteiger partial charge in [-0.2, -0.15) is 0 Å². The standard InChI is InChI=1S/C16H22ClN3/c1-11-7-10-18-15-13(11)19-14(12(2)17)20(15)16(3)8-5-4-6-9-16/h7,10,12H,4-6,8-9H2,1-3H3. The van der Waals surface area contributed by atoms with Crippen molar-refractivity contribution in [2.24, 2.45) is 0 Å². The lowest BCUT2D eigenvalue weighted by molar-refractivity contribution is 0.218. The molecule has 0 N–H and O–H groups in total. The van der Waals surface area contributed by atoms with Crippen LogP contribution in [0.4, 0.5) is 0 Å². The van der Waals surface area contributed by atoms with Crippen molar-refractivity contribution in [2.75, 3.05) is 0 Å². The molecule has 0 radical (unpaired) electrons. The van der Waals surface area contributed by atoms with Crippen LogP contribution in [0.2, 0.25) is 0 Å². The fourth-order valence-corrected chi connectivity index (χ4v) is 3.59. The third-order valence-electron chi connectivity index (χ3n) is 4.60. The number of nitrogens with zero attached hydrogens (tertiary/aromatic N) is 3. The number of hydrogen-bond donors (Lipinski definition) is 0. The summed E-state index contributed by atoms with van der Waals surface area (Å²) in [6.45, 7) is 6.42. The molecule has 0 aromatic carbocycles. The molecule has 0 saturated heterocycles. The van der Waals surface area contributed by atoms with E-state index < -0.39 is 0 Å². The Morgan fingerprint density at radius 3 is 2.65 bits per heavy atom. The van der Waals surface area contributed by atoms with Gasteiger partial charge in [0.25, 0.3) is 0 Å². The third-order valence-corrected chi connectivity index (χ3v) is 4.80. The van der Waals surface area contributed by atoms with E-state index in [0.717, 1.165) is 17.0 Å². The highest BCUT2D eigenvalue weighted by atomic mass is 35.5. The summed E-state index contributed by atoms with van der Waals surface area (Å²) >= 11 is 6.40. The second kappa shape index (κ2) is 5.03. The maximum Gasteiger partial charge on any atom is 0.160 e. The van der Waals surface area contributed by atoms with E-state index in [2.05, 4.69) is 23.4 Å². The average Bonchev–Trinajstić information content (AvgIpc) is 2.81. The van der Waals surface area contributed by atoms with E-state index in [9.17, 15) is 0 Å². The maximum atomic E-state index is 6.40. The van der Waals surface area contributed by atoms with Crippen molar-refractivity contribution in [3.63, 3.8) is 0 Å². The van der Waals surface area contributed by atoms with E-state index in [0.29, 0.717) is 0 Å². The van der Waals surface area contributed by atoms with Crippen molar-refractivity contribution in [3.8, 4) is 0 Å². The molecule has 2 heterocycles. The second-order valence-corrected chi connectivity index (χ2v) is 6.93. The molecule has 2 aromatic rings. The molecule has 2 aromatic heterocycles. The first-order valence-electron chi connectivity index (χ1n) is 7.51. The Hall–Kier alpha value is -1.09. The van der Waals surface area contributed by atoms with E-state index in [-0.39, 0.29) is 10.9 Å². The number of imidazole rings is 1. The first-order chi connectivity index (χ1) is 9.53. The van der Waals surface area contributed by atoms with Crippen LogP contribution in [0.3, 0.4) is 0 Å². The normalized spacial score (nSPS) is 20.2. The number of alkyl halides is 1. The van der Waals surface area contributed by atoms with Crippen LogP contribution in [0.15, 0.2) is 12.3 Å². The van der Waals surface area contributed by atoms with E-state index in [1.54, 1.807) is 0 Å². The molecule has 0 aliphatic heterocycles. The van der Waals surface area contributed by atoms with Gasteiger partial charge in [0, 0.05) is 11.7 Å². The van der Waals surface area contributed by atoms with Gasteiger partial charge in [-0.25, -0.2) is 9.97 Å². The lowest BCUT2D eigenvalue weighted by Crippen LogP contribution is -2.34. The largest absolute Gasteiger partial charge is 0.306 e. The average molecular weight is 292 g/mol. The second-order valence-electron chi connectivity index (χ2n) is 6.28. The molecule has 0 spiro atoms. The van der Waals surface area contributed by atoms with Crippen LogP contribution in [0.5, 0.6) is 0 Å². The molecule has 108 valence electrons. The van der Waals surface area contributed by atoms with Gasteiger partial charge in [0.2, 0.25) is 0 Å². The van der Waals surface area contributed by atoms with E-state index in [1.807, 2.05) is 19.2 Å². The number of fused-ring (bicyclic) bond motifs is 1. The maximum absolute atomic E-state index is 6.40. The highest BCUT2D eigenvalue weighted by Gasteiger charge is 2.34. The minimum atomic E-state index is -0.0950. The van der Waals surface area contributed by atoms with E-state index in [1.165, 1.54) is 37.7 Å². The molecule has 1 saturated carbocycles. The van der Waals surface area contributed by atoms with Crippen molar-refractivity contribution in [2.45, 2.75) is 63.8 Å². The number of pyridine rings is 1. The summed E-state index contributed by atoms with van der Waals surface area (Å²) in [4.78, 5) is 9.41. The quantitative estimate of drug-likeness (QED) is 0.750. The van der Waals surface area contributed by atoms with Crippen LogP contribution in [0, 0.1) is 6.92 Å². The van der Waals surface area contributed by atoms with Gasteiger partial charge in [-0.15, -0.1) is 11.6 Å². The first-order valence-corrected chi connectivity index (χ1v) is 7.95. The number of halogens is 1. The minimum absolute atomic E-state index is 0.0950. The van der Waals surface area contributed by atoms with Crippen LogP contribution in [-0.4, -0.2) is 14.5 Å². The van der Waals surface area contributed by atoms with Crippen LogP contribution >= 0.6 is 11.6 Å². The fourth-order valence-electron chi connectivity index (χ4n) is 3.45. The molecule has 3 rings (SSSR count).